The molecule has 1 aliphatic carbocycles. The van der Waals surface area contributed by atoms with E-state index in [1.165, 1.54) is 18.9 Å². The molecule has 0 bridgehead atoms. The van der Waals surface area contributed by atoms with E-state index in [-0.39, 0.29) is 17.1 Å². The molecule has 0 aliphatic heterocycles. The quantitative estimate of drug-likeness (QED) is 0.338. The van der Waals surface area contributed by atoms with E-state index < -0.39 is 8.32 Å². The SMILES string of the molecule is C=C(CO[Si](C)(C)C(C)(C)C)[C@@H](CC1=CC[C@H](C)CC1)OC(C)=O. The molecule has 0 aromatic carbocycles. The molecule has 24 heavy (non-hydrogen) atoms. The summed E-state index contributed by atoms with van der Waals surface area (Å²) in [6.45, 7) is 19.5. The fourth-order valence-electron chi connectivity index (χ4n) is 2.50. The molecule has 0 fully saturated rings. The molecular weight excluding hydrogens is 316 g/mol. The largest absolute Gasteiger partial charge is 0.458 e. The third kappa shape index (κ3) is 6.56. The first-order valence-corrected chi connectivity index (χ1v) is 12.0. The van der Waals surface area contributed by atoms with Gasteiger partial charge in [0, 0.05) is 13.3 Å². The van der Waals surface area contributed by atoms with Gasteiger partial charge in [-0.3, -0.25) is 4.79 Å². The molecule has 0 unspecified atom stereocenters. The van der Waals surface area contributed by atoms with Gasteiger partial charge in [0.15, 0.2) is 8.32 Å². The highest BCUT2D eigenvalue weighted by Crippen LogP contribution is 2.37. The lowest BCUT2D eigenvalue weighted by Gasteiger charge is -2.37. The smallest absolute Gasteiger partial charge is 0.303 e. The molecule has 0 spiro atoms. The molecule has 0 saturated carbocycles. The van der Waals surface area contributed by atoms with Crippen LogP contribution in [0.25, 0.3) is 0 Å². The molecular formula is C20H36O3Si. The lowest BCUT2D eigenvalue weighted by atomic mass is 9.88. The summed E-state index contributed by atoms with van der Waals surface area (Å²) in [5.74, 6) is 0.504. The number of allylic oxidation sites excluding steroid dienone is 1. The van der Waals surface area contributed by atoms with E-state index in [9.17, 15) is 4.79 Å². The first kappa shape index (κ1) is 21.2. The van der Waals surface area contributed by atoms with E-state index in [0.29, 0.717) is 6.61 Å². The minimum absolute atomic E-state index is 0.159. The maximum atomic E-state index is 11.5. The van der Waals surface area contributed by atoms with Crippen LogP contribution in [0.5, 0.6) is 0 Å². The summed E-state index contributed by atoms with van der Waals surface area (Å²) in [5.41, 5.74) is 2.25. The van der Waals surface area contributed by atoms with Crippen molar-refractivity contribution in [2.75, 3.05) is 6.61 Å². The first-order chi connectivity index (χ1) is 10.9. The molecule has 1 rings (SSSR count). The second kappa shape index (κ2) is 8.48. The predicted octanol–water partition coefficient (Wildman–Crippen LogP) is 5.63. The molecule has 0 heterocycles. The number of hydrogen-bond acceptors (Lipinski definition) is 3. The minimum atomic E-state index is -1.83. The highest BCUT2D eigenvalue weighted by atomic mass is 28.4. The Bertz CT molecular complexity index is 486. The van der Waals surface area contributed by atoms with E-state index in [2.05, 4.69) is 53.4 Å². The average molecular weight is 353 g/mol. The summed E-state index contributed by atoms with van der Waals surface area (Å²) >= 11 is 0. The number of carbonyl (C=O) groups excluding carboxylic acids is 1. The van der Waals surface area contributed by atoms with Crippen molar-refractivity contribution in [1.29, 1.82) is 0 Å². The summed E-state index contributed by atoms with van der Waals surface area (Å²) in [7, 11) is -1.83. The monoisotopic (exact) mass is 352 g/mol. The molecule has 0 N–H and O–H groups in total. The zero-order valence-corrected chi connectivity index (χ0v) is 17.7. The van der Waals surface area contributed by atoms with Crippen molar-refractivity contribution in [3.63, 3.8) is 0 Å². The van der Waals surface area contributed by atoms with Gasteiger partial charge in [-0.2, -0.15) is 0 Å². The number of hydrogen-bond donors (Lipinski definition) is 0. The standard InChI is InChI=1S/C20H36O3Si/c1-15-9-11-18(12-10-15)13-19(23-17(3)21)16(2)14-22-24(7,8)20(4,5)6/h11,15,19H,2,9-10,12-14H2,1,3-8H3/t15-,19+/m0/s1. The molecule has 4 heteroatoms. The summed E-state index contributed by atoms with van der Waals surface area (Å²) in [4.78, 5) is 11.5. The Morgan fingerprint density at radius 1 is 1.42 bits per heavy atom. The summed E-state index contributed by atoms with van der Waals surface area (Å²) in [6, 6.07) is 0. The maximum Gasteiger partial charge on any atom is 0.303 e. The van der Waals surface area contributed by atoms with Gasteiger partial charge < -0.3 is 9.16 Å². The number of esters is 1. The van der Waals surface area contributed by atoms with Gasteiger partial charge in [-0.15, -0.1) is 0 Å². The van der Waals surface area contributed by atoms with Crippen molar-refractivity contribution in [3.8, 4) is 0 Å². The Labute approximate surface area is 149 Å². The Morgan fingerprint density at radius 3 is 2.50 bits per heavy atom. The van der Waals surface area contributed by atoms with Gasteiger partial charge in [-0.25, -0.2) is 0 Å². The Kier molecular flexibility index (Phi) is 7.48. The van der Waals surface area contributed by atoms with Crippen LogP contribution in [-0.4, -0.2) is 27.0 Å². The summed E-state index contributed by atoms with van der Waals surface area (Å²) in [6.07, 6.45) is 6.22. The molecule has 1 aliphatic rings. The normalized spacial score (nSPS) is 20.3. The molecule has 0 aromatic rings. The molecule has 0 saturated heterocycles. The lowest BCUT2D eigenvalue weighted by molar-refractivity contribution is -0.144. The van der Waals surface area contributed by atoms with Crippen molar-refractivity contribution >= 4 is 14.3 Å². The molecule has 0 radical (unpaired) electrons. The van der Waals surface area contributed by atoms with Gasteiger partial charge in [-0.1, -0.05) is 45.9 Å². The van der Waals surface area contributed by atoms with E-state index >= 15 is 0 Å². The first-order valence-electron chi connectivity index (χ1n) is 9.09. The van der Waals surface area contributed by atoms with Crippen LogP contribution >= 0.6 is 0 Å². The van der Waals surface area contributed by atoms with Crippen LogP contribution in [-0.2, 0) is 14.0 Å². The summed E-state index contributed by atoms with van der Waals surface area (Å²) in [5, 5.41) is 0.159. The Morgan fingerprint density at radius 2 is 2.04 bits per heavy atom. The van der Waals surface area contributed by atoms with Crippen LogP contribution in [0.4, 0.5) is 0 Å². The van der Waals surface area contributed by atoms with Gasteiger partial charge in [-0.05, 0) is 48.9 Å². The number of carbonyl (C=O) groups is 1. The predicted molar refractivity (Wildman–Crippen MR) is 104 cm³/mol. The third-order valence-electron chi connectivity index (χ3n) is 5.40. The molecule has 2 atom stereocenters. The molecule has 0 aromatic heterocycles. The van der Waals surface area contributed by atoms with Gasteiger partial charge >= 0.3 is 5.97 Å². The Hall–Kier alpha value is -0.873. The van der Waals surface area contributed by atoms with Crippen molar-refractivity contribution < 1.29 is 14.0 Å². The Balaban J connectivity index is 2.70. The van der Waals surface area contributed by atoms with Crippen LogP contribution in [0.15, 0.2) is 23.8 Å². The van der Waals surface area contributed by atoms with E-state index in [1.807, 2.05) is 0 Å². The van der Waals surface area contributed by atoms with E-state index in [1.54, 1.807) is 0 Å². The highest BCUT2D eigenvalue weighted by Gasteiger charge is 2.37. The van der Waals surface area contributed by atoms with Gasteiger partial charge in [0.1, 0.15) is 6.10 Å². The van der Waals surface area contributed by atoms with Crippen LogP contribution in [0, 0.1) is 5.92 Å². The zero-order chi connectivity index (χ0) is 18.5. The summed E-state index contributed by atoms with van der Waals surface area (Å²) < 4.78 is 11.8. The van der Waals surface area contributed by atoms with Gasteiger partial charge in [0.2, 0.25) is 0 Å². The van der Waals surface area contributed by atoms with Crippen molar-refractivity contribution in [1.82, 2.24) is 0 Å². The van der Waals surface area contributed by atoms with Gasteiger partial charge in [0.25, 0.3) is 0 Å². The van der Waals surface area contributed by atoms with E-state index in [0.717, 1.165) is 30.8 Å². The topological polar surface area (TPSA) is 35.5 Å². The third-order valence-corrected chi connectivity index (χ3v) is 9.88. The second-order valence-electron chi connectivity index (χ2n) is 8.75. The molecule has 138 valence electrons. The number of ether oxygens (including phenoxy) is 1. The van der Waals surface area contributed by atoms with Crippen molar-refractivity contribution in [3.05, 3.63) is 23.8 Å². The second-order valence-corrected chi connectivity index (χ2v) is 13.6. The average Bonchev–Trinajstić information content (AvgIpc) is 2.44. The molecule has 0 amide bonds. The van der Waals surface area contributed by atoms with Crippen molar-refractivity contribution in [2.45, 2.75) is 84.5 Å². The van der Waals surface area contributed by atoms with E-state index in [4.69, 9.17) is 9.16 Å². The lowest BCUT2D eigenvalue weighted by Crippen LogP contribution is -2.41. The van der Waals surface area contributed by atoms with Crippen LogP contribution < -0.4 is 0 Å². The zero-order valence-electron chi connectivity index (χ0n) is 16.7. The fourth-order valence-corrected chi connectivity index (χ4v) is 3.47. The van der Waals surface area contributed by atoms with Crippen LogP contribution in [0.3, 0.4) is 0 Å². The van der Waals surface area contributed by atoms with Crippen LogP contribution in [0.1, 0.15) is 60.3 Å². The fraction of sp³-hybridized carbons (Fsp3) is 0.750. The maximum absolute atomic E-state index is 11.5. The number of rotatable bonds is 7. The van der Waals surface area contributed by atoms with Gasteiger partial charge in [0.05, 0.1) is 6.61 Å². The minimum Gasteiger partial charge on any atom is -0.458 e. The van der Waals surface area contributed by atoms with Crippen LogP contribution in [0.2, 0.25) is 18.1 Å². The molecule has 3 nitrogen and oxygen atoms in total. The van der Waals surface area contributed by atoms with Crippen molar-refractivity contribution in [2.24, 2.45) is 5.92 Å². The highest BCUT2D eigenvalue weighted by molar-refractivity contribution is 6.74.